The number of ether oxygens (including phenoxy) is 2. The van der Waals surface area contributed by atoms with E-state index in [1.54, 1.807) is 35.9 Å². The molecule has 1 aromatic carbocycles. The van der Waals surface area contributed by atoms with Gasteiger partial charge in [0.25, 0.3) is 0 Å². The number of imidazole rings is 1. The third-order valence-electron chi connectivity index (χ3n) is 3.55. The van der Waals surface area contributed by atoms with Crippen LogP contribution in [0.2, 0.25) is 0 Å². The summed E-state index contributed by atoms with van der Waals surface area (Å²) in [6.45, 7) is 1.93. The molecule has 0 atom stereocenters. The van der Waals surface area contributed by atoms with Crippen LogP contribution in [-0.2, 0) is 6.61 Å². The number of hydrogen-bond acceptors (Lipinski definition) is 4. The monoisotopic (exact) mass is 312 g/mol. The second-order valence-corrected chi connectivity index (χ2v) is 5.04. The summed E-state index contributed by atoms with van der Waals surface area (Å²) in [5.41, 5.74) is 2.00. The van der Waals surface area contributed by atoms with Gasteiger partial charge in [0.15, 0.2) is 17.2 Å². The lowest BCUT2D eigenvalue weighted by Crippen LogP contribution is -2.08. The third kappa shape index (κ3) is 2.70. The number of pyridine rings is 1. The molecule has 0 amide bonds. The van der Waals surface area contributed by atoms with Crippen molar-refractivity contribution in [1.82, 2.24) is 9.38 Å². The minimum atomic E-state index is -1.04. The Labute approximate surface area is 132 Å². The summed E-state index contributed by atoms with van der Waals surface area (Å²) >= 11 is 0. The molecule has 0 saturated heterocycles. The number of benzene rings is 1. The molecule has 0 saturated carbocycles. The first-order chi connectivity index (χ1) is 11.1. The van der Waals surface area contributed by atoms with Crippen molar-refractivity contribution < 1.29 is 19.4 Å². The lowest BCUT2D eigenvalue weighted by atomic mass is 10.3. The molecule has 0 aliphatic heterocycles. The number of para-hydroxylation sites is 2. The Kier molecular flexibility index (Phi) is 3.89. The molecule has 2 heterocycles. The van der Waals surface area contributed by atoms with Gasteiger partial charge >= 0.3 is 5.97 Å². The van der Waals surface area contributed by atoms with E-state index in [2.05, 4.69) is 4.98 Å². The van der Waals surface area contributed by atoms with Crippen LogP contribution in [0, 0.1) is 6.92 Å². The number of methoxy groups -OCH3 is 1. The largest absolute Gasteiger partial charge is 0.493 e. The molecule has 3 aromatic rings. The maximum Gasteiger partial charge on any atom is 0.354 e. The minimum Gasteiger partial charge on any atom is -0.493 e. The number of aromatic carboxylic acids is 1. The molecule has 2 aromatic heterocycles. The summed E-state index contributed by atoms with van der Waals surface area (Å²) in [5.74, 6) is 0.0890. The Morgan fingerprint density at radius 2 is 1.96 bits per heavy atom. The fourth-order valence-corrected chi connectivity index (χ4v) is 2.46. The van der Waals surface area contributed by atoms with Crippen LogP contribution in [0.1, 0.15) is 21.7 Å². The molecule has 23 heavy (non-hydrogen) atoms. The van der Waals surface area contributed by atoms with Crippen LogP contribution in [0.3, 0.4) is 0 Å². The van der Waals surface area contributed by atoms with Crippen molar-refractivity contribution in [2.24, 2.45) is 0 Å². The molecule has 0 bridgehead atoms. The van der Waals surface area contributed by atoms with Crippen LogP contribution in [0.15, 0.2) is 42.6 Å². The zero-order valence-electron chi connectivity index (χ0n) is 12.8. The van der Waals surface area contributed by atoms with E-state index in [0.29, 0.717) is 22.8 Å². The molecule has 0 spiro atoms. The highest BCUT2D eigenvalue weighted by molar-refractivity contribution is 5.88. The number of aryl methyl sites for hydroxylation is 1. The van der Waals surface area contributed by atoms with Crippen molar-refractivity contribution in [1.29, 1.82) is 0 Å². The second-order valence-electron chi connectivity index (χ2n) is 5.04. The summed E-state index contributed by atoms with van der Waals surface area (Å²) in [7, 11) is 1.55. The average Bonchev–Trinajstić information content (AvgIpc) is 2.93. The van der Waals surface area contributed by atoms with Crippen molar-refractivity contribution in [2.75, 3.05) is 7.11 Å². The van der Waals surface area contributed by atoms with Crippen molar-refractivity contribution in [3.63, 3.8) is 0 Å². The van der Waals surface area contributed by atoms with Gasteiger partial charge in [0, 0.05) is 6.20 Å². The highest BCUT2D eigenvalue weighted by atomic mass is 16.5. The summed E-state index contributed by atoms with van der Waals surface area (Å²) in [6, 6.07) is 10.9. The molecule has 0 unspecified atom stereocenters. The van der Waals surface area contributed by atoms with E-state index < -0.39 is 5.97 Å². The fourth-order valence-electron chi connectivity index (χ4n) is 2.46. The summed E-state index contributed by atoms with van der Waals surface area (Å²) in [4.78, 5) is 16.0. The number of carboxylic acids is 1. The van der Waals surface area contributed by atoms with Crippen molar-refractivity contribution in [3.05, 3.63) is 59.5 Å². The van der Waals surface area contributed by atoms with Crippen LogP contribution in [-0.4, -0.2) is 27.6 Å². The van der Waals surface area contributed by atoms with E-state index in [-0.39, 0.29) is 12.3 Å². The van der Waals surface area contributed by atoms with Gasteiger partial charge < -0.3 is 14.6 Å². The molecule has 0 fully saturated rings. The van der Waals surface area contributed by atoms with Crippen molar-refractivity contribution in [2.45, 2.75) is 13.5 Å². The normalized spacial score (nSPS) is 10.7. The number of rotatable bonds is 5. The number of nitrogens with zero attached hydrogens (tertiary/aromatic N) is 2. The molecular weight excluding hydrogens is 296 g/mol. The van der Waals surface area contributed by atoms with E-state index >= 15 is 0 Å². The molecule has 6 nitrogen and oxygen atoms in total. The van der Waals surface area contributed by atoms with Crippen molar-refractivity contribution >= 4 is 11.6 Å². The lowest BCUT2D eigenvalue weighted by Gasteiger charge is -2.09. The Balaban J connectivity index is 1.98. The Bertz CT molecular complexity index is 870. The molecule has 0 aliphatic rings. The molecule has 1 N–H and O–H groups in total. The molecule has 6 heteroatoms. The third-order valence-corrected chi connectivity index (χ3v) is 3.55. The summed E-state index contributed by atoms with van der Waals surface area (Å²) in [6.07, 6.45) is 1.69. The van der Waals surface area contributed by atoms with Gasteiger partial charge in [-0.25, -0.2) is 9.78 Å². The van der Waals surface area contributed by atoms with Crippen LogP contribution in [0.5, 0.6) is 11.5 Å². The maximum atomic E-state index is 11.6. The van der Waals surface area contributed by atoms with Gasteiger partial charge in [-0.2, -0.15) is 0 Å². The summed E-state index contributed by atoms with van der Waals surface area (Å²) < 4.78 is 12.5. The van der Waals surface area contributed by atoms with Crippen LogP contribution in [0.4, 0.5) is 0 Å². The van der Waals surface area contributed by atoms with Gasteiger partial charge in [-0.3, -0.25) is 4.40 Å². The molecule has 0 aliphatic carbocycles. The highest BCUT2D eigenvalue weighted by Gasteiger charge is 2.20. The highest BCUT2D eigenvalue weighted by Crippen LogP contribution is 2.27. The lowest BCUT2D eigenvalue weighted by molar-refractivity contribution is 0.0686. The SMILES string of the molecule is COc1ccccc1OCc1nc2c(C)cccn2c1C(=O)O. The van der Waals surface area contributed by atoms with Crippen LogP contribution in [0.25, 0.3) is 5.65 Å². The standard InChI is InChI=1S/C17H16N2O4/c1-11-6-5-9-19-15(17(20)21)12(18-16(11)19)10-23-14-8-4-3-7-13(14)22-2/h3-9H,10H2,1-2H3,(H,20,21). The summed E-state index contributed by atoms with van der Waals surface area (Å²) in [5, 5.41) is 9.50. The maximum absolute atomic E-state index is 11.6. The van der Waals surface area contributed by atoms with Gasteiger partial charge in [0.05, 0.1) is 7.11 Å². The zero-order valence-corrected chi connectivity index (χ0v) is 12.8. The van der Waals surface area contributed by atoms with Gasteiger partial charge in [-0.05, 0) is 30.7 Å². The average molecular weight is 312 g/mol. The predicted octanol–water partition coefficient (Wildman–Crippen LogP) is 2.93. The van der Waals surface area contributed by atoms with E-state index in [9.17, 15) is 9.90 Å². The predicted molar refractivity (Wildman–Crippen MR) is 84.2 cm³/mol. The number of carbonyl (C=O) groups is 1. The quantitative estimate of drug-likeness (QED) is 0.784. The van der Waals surface area contributed by atoms with Crippen LogP contribution >= 0.6 is 0 Å². The number of carboxylic acid groups (broad SMARTS) is 1. The molecule has 0 radical (unpaired) electrons. The first kappa shape index (κ1) is 14.9. The Hall–Kier alpha value is -3.02. The van der Waals surface area contributed by atoms with Gasteiger partial charge in [-0.15, -0.1) is 0 Å². The van der Waals surface area contributed by atoms with Crippen molar-refractivity contribution in [3.8, 4) is 11.5 Å². The zero-order chi connectivity index (χ0) is 16.4. The first-order valence-electron chi connectivity index (χ1n) is 7.07. The topological polar surface area (TPSA) is 73.1 Å². The van der Waals surface area contributed by atoms with E-state index in [1.165, 1.54) is 0 Å². The first-order valence-corrected chi connectivity index (χ1v) is 7.07. The van der Waals surface area contributed by atoms with E-state index in [0.717, 1.165) is 5.56 Å². The second kappa shape index (κ2) is 6.00. The molecule has 3 rings (SSSR count). The molecule has 118 valence electrons. The van der Waals surface area contributed by atoms with E-state index in [4.69, 9.17) is 9.47 Å². The smallest absolute Gasteiger partial charge is 0.354 e. The van der Waals surface area contributed by atoms with Gasteiger partial charge in [-0.1, -0.05) is 18.2 Å². The van der Waals surface area contributed by atoms with E-state index in [1.807, 2.05) is 25.1 Å². The fraction of sp³-hybridized carbons (Fsp3) is 0.176. The van der Waals surface area contributed by atoms with Gasteiger partial charge in [0.2, 0.25) is 0 Å². The molecular formula is C17H16N2O4. The Morgan fingerprint density at radius 3 is 2.65 bits per heavy atom. The number of fused-ring (bicyclic) bond motifs is 1. The van der Waals surface area contributed by atoms with Crippen LogP contribution < -0.4 is 9.47 Å². The van der Waals surface area contributed by atoms with Gasteiger partial charge in [0.1, 0.15) is 17.9 Å². The minimum absolute atomic E-state index is 0.0448. The Morgan fingerprint density at radius 1 is 1.22 bits per heavy atom. The number of aromatic nitrogens is 2. The number of hydrogen-bond donors (Lipinski definition) is 1.